The van der Waals surface area contributed by atoms with Crippen molar-refractivity contribution in [3.8, 4) is 5.75 Å². The van der Waals surface area contributed by atoms with E-state index < -0.39 is 0 Å². The van der Waals surface area contributed by atoms with E-state index in [2.05, 4.69) is 32.5 Å². The van der Waals surface area contributed by atoms with Gasteiger partial charge >= 0.3 is 0 Å². The van der Waals surface area contributed by atoms with Crippen LogP contribution in [0.4, 0.5) is 11.1 Å². The van der Waals surface area contributed by atoms with Crippen molar-refractivity contribution in [1.29, 1.82) is 0 Å². The van der Waals surface area contributed by atoms with Gasteiger partial charge in [-0.25, -0.2) is 0 Å². The number of anilines is 2. The molecule has 110 valence electrons. The van der Waals surface area contributed by atoms with Gasteiger partial charge in [0.2, 0.25) is 11.1 Å². The molecule has 1 fully saturated rings. The summed E-state index contributed by atoms with van der Waals surface area (Å²) in [7, 11) is 3.94. The fourth-order valence-electron chi connectivity index (χ4n) is 3.10. The summed E-state index contributed by atoms with van der Waals surface area (Å²) in [6.07, 6.45) is 1.10. The van der Waals surface area contributed by atoms with Crippen LogP contribution in [0.1, 0.15) is 5.56 Å². The molecule has 1 spiro atoms. The van der Waals surface area contributed by atoms with Crippen LogP contribution in [0, 0.1) is 5.41 Å². The first-order valence-electron chi connectivity index (χ1n) is 7.12. The van der Waals surface area contributed by atoms with Crippen molar-refractivity contribution in [2.75, 3.05) is 43.6 Å². The number of rotatable bonds is 2. The number of nitrogens with zero attached hydrogens (tertiary/aromatic N) is 4. The average molecular weight is 302 g/mol. The highest BCUT2D eigenvalue weighted by Crippen LogP contribution is 2.43. The van der Waals surface area contributed by atoms with Gasteiger partial charge in [0.15, 0.2) is 0 Å². The molecule has 0 atom stereocenters. The van der Waals surface area contributed by atoms with Gasteiger partial charge in [0, 0.05) is 44.1 Å². The lowest BCUT2D eigenvalue weighted by Crippen LogP contribution is -2.61. The van der Waals surface area contributed by atoms with Crippen LogP contribution in [0.3, 0.4) is 0 Å². The number of aromatic nitrogens is 2. The van der Waals surface area contributed by atoms with Gasteiger partial charge in [0.25, 0.3) is 0 Å². The van der Waals surface area contributed by atoms with Crippen molar-refractivity contribution in [3.63, 3.8) is 0 Å². The number of benzene rings is 1. The van der Waals surface area contributed by atoms with Crippen LogP contribution in [0.5, 0.6) is 5.75 Å². The molecule has 6 heteroatoms. The molecule has 1 saturated heterocycles. The van der Waals surface area contributed by atoms with Gasteiger partial charge in [-0.05, 0) is 18.1 Å². The maximum absolute atomic E-state index is 5.94. The Kier molecular flexibility index (Phi) is 2.82. The highest BCUT2D eigenvalue weighted by Gasteiger charge is 2.47. The zero-order valence-electron chi connectivity index (χ0n) is 12.2. The molecular weight excluding hydrogens is 284 g/mol. The largest absolute Gasteiger partial charge is 0.493 e. The van der Waals surface area contributed by atoms with Crippen LogP contribution in [0.2, 0.25) is 0 Å². The third kappa shape index (κ3) is 2.14. The van der Waals surface area contributed by atoms with Crippen molar-refractivity contribution >= 4 is 22.6 Å². The zero-order chi connectivity index (χ0) is 14.4. The Hall–Kier alpha value is -1.82. The van der Waals surface area contributed by atoms with E-state index in [0.29, 0.717) is 0 Å². The molecule has 5 nitrogen and oxygen atoms in total. The van der Waals surface area contributed by atoms with E-state index in [1.807, 2.05) is 25.1 Å². The Labute approximate surface area is 128 Å². The first-order valence-corrected chi connectivity index (χ1v) is 7.89. The molecule has 2 aliphatic heterocycles. The predicted molar refractivity (Wildman–Crippen MR) is 84.5 cm³/mol. The Bertz CT molecular complexity index is 663. The summed E-state index contributed by atoms with van der Waals surface area (Å²) in [5.41, 5.74) is 1.58. The maximum atomic E-state index is 5.94. The molecule has 1 aromatic heterocycles. The molecule has 0 unspecified atom stereocenters. The molecule has 3 heterocycles. The topological polar surface area (TPSA) is 41.5 Å². The minimum absolute atomic E-state index is 0.248. The smallest absolute Gasteiger partial charge is 0.238 e. The zero-order valence-corrected chi connectivity index (χ0v) is 13.1. The Balaban J connectivity index is 1.47. The Morgan fingerprint density at radius 3 is 2.86 bits per heavy atom. The van der Waals surface area contributed by atoms with Crippen molar-refractivity contribution in [2.24, 2.45) is 5.41 Å². The fourth-order valence-corrected chi connectivity index (χ4v) is 3.83. The first-order chi connectivity index (χ1) is 10.2. The molecule has 2 aliphatic rings. The second kappa shape index (κ2) is 4.59. The Morgan fingerprint density at radius 1 is 1.29 bits per heavy atom. The molecule has 2 aromatic rings. The summed E-state index contributed by atoms with van der Waals surface area (Å²) in [4.78, 5) is 8.82. The minimum atomic E-state index is 0.248. The van der Waals surface area contributed by atoms with E-state index in [1.54, 1.807) is 0 Å². The van der Waals surface area contributed by atoms with Crippen molar-refractivity contribution in [3.05, 3.63) is 29.8 Å². The van der Waals surface area contributed by atoms with Crippen molar-refractivity contribution in [1.82, 2.24) is 9.36 Å². The lowest BCUT2D eigenvalue weighted by molar-refractivity contribution is 0.0880. The molecule has 0 amide bonds. The fraction of sp³-hybridized carbons (Fsp3) is 0.467. The van der Waals surface area contributed by atoms with Crippen LogP contribution in [-0.2, 0) is 6.42 Å². The third-order valence-corrected chi connectivity index (χ3v) is 4.97. The van der Waals surface area contributed by atoms with Crippen molar-refractivity contribution in [2.45, 2.75) is 6.42 Å². The lowest BCUT2D eigenvalue weighted by Gasteiger charge is -2.51. The van der Waals surface area contributed by atoms with Crippen molar-refractivity contribution < 1.29 is 4.74 Å². The van der Waals surface area contributed by atoms with E-state index >= 15 is 0 Å². The molecular formula is C15H18N4OS. The molecule has 4 rings (SSSR count). The van der Waals surface area contributed by atoms with Gasteiger partial charge in [0.05, 0.1) is 6.61 Å². The van der Waals surface area contributed by atoms with Crippen LogP contribution in [-0.4, -0.2) is 43.1 Å². The summed E-state index contributed by atoms with van der Waals surface area (Å²) >= 11 is 1.48. The van der Waals surface area contributed by atoms with E-state index in [0.717, 1.165) is 42.9 Å². The van der Waals surface area contributed by atoms with E-state index in [1.165, 1.54) is 17.1 Å². The van der Waals surface area contributed by atoms with Crippen LogP contribution >= 0.6 is 11.5 Å². The highest BCUT2D eigenvalue weighted by molar-refractivity contribution is 7.09. The standard InChI is InChI=1S/C15H18N4OS/c1-18(2)13-16-14(21-17-13)19-8-15(9-19)7-11-5-3-4-6-12(11)20-10-15/h3-6H,7-10H2,1-2H3. The van der Waals surface area contributed by atoms with Gasteiger partial charge in [-0.1, -0.05) is 18.2 Å². The number of hydrogen-bond donors (Lipinski definition) is 0. The predicted octanol–water partition coefficient (Wildman–Crippen LogP) is 2.05. The average Bonchev–Trinajstić information content (AvgIpc) is 2.94. The Morgan fingerprint density at radius 2 is 2.10 bits per heavy atom. The highest BCUT2D eigenvalue weighted by atomic mass is 32.1. The van der Waals surface area contributed by atoms with E-state index in [9.17, 15) is 0 Å². The monoisotopic (exact) mass is 302 g/mol. The van der Waals surface area contributed by atoms with Gasteiger partial charge in [-0.15, -0.1) is 0 Å². The van der Waals surface area contributed by atoms with Gasteiger partial charge < -0.3 is 14.5 Å². The summed E-state index contributed by atoms with van der Waals surface area (Å²) in [5, 5.41) is 1.02. The SMILES string of the molecule is CN(C)c1nsc(N2CC3(COc4ccccc4C3)C2)n1. The summed E-state index contributed by atoms with van der Waals surface area (Å²) < 4.78 is 10.3. The summed E-state index contributed by atoms with van der Waals surface area (Å²) in [6, 6.07) is 8.36. The second-order valence-corrected chi connectivity index (χ2v) is 6.93. The summed E-state index contributed by atoms with van der Waals surface area (Å²) in [5.74, 6) is 1.84. The molecule has 0 saturated carbocycles. The molecule has 0 radical (unpaired) electrons. The number of fused-ring (bicyclic) bond motifs is 1. The normalized spacial score (nSPS) is 18.9. The van der Waals surface area contributed by atoms with E-state index in [-0.39, 0.29) is 5.41 Å². The molecule has 1 aromatic carbocycles. The van der Waals surface area contributed by atoms with Crippen LogP contribution in [0.15, 0.2) is 24.3 Å². The minimum Gasteiger partial charge on any atom is -0.493 e. The van der Waals surface area contributed by atoms with Crippen LogP contribution < -0.4 is 14.5 Å². The van der Waals surface area contributed by atoms with E-state index in [4.69, 9.17) is 4.74 Å². The second-order valence-electron chi connectivity index (χ2n) is 6.20. The van der Waals surface area contributed by atoms with Gasteiger partial charge in [0.1, 0.15) is 5.75 Å². The third-order valence-electron chi connectivity index (χ3n) is 4.20. The quantitative estimate of drug-likeness (QED) is 0.849. The number of para-hydroxylation sites is 1. The molecule has 0 aliphatic carbocycles. The molecule has 21 heavy (non-hydrogen) atoms. The maximum Gasteiger partial charge on any atom is 0.238 e. The molecule has 0 bridgehead atoms. The van der Waals surface area contributed by atoms with Gasteiger partial charge in [-0.3, -0.25) is 0 Å². The summed E-state index contributed by atoms with van der Waals surface area (Å²) in [6.45, 7) is 2.81. The number of ether oxygens (including phenoxy) is 1. The molecule has 0 N–H and O–H groups in total. The van der Waals surface area contributed by atoms with Crippen LogP contribution in [0.25, 0.3) is 0 Å². The number of hydrogen-bond acceptors (Lipinski definition) is 6. The first kappa shape index (κ1) is 12.9. The lowest BCUT2D eigenvalue weighted by atomic mass is 9.74. The van der Waals surface area contributed by atoms with Gasteiger partial charge in [-0.2, -0.15) is 9.36 Å².